The Kier molecular flexibility index (Phi) is 3.85. The third-order valence-electron chi connectivity index (χ3n) is 2.61. The van der Waals surface area contributed by atoms with E-state index in [4.69, 9.17) is 5.73 Å². The summed E-state index contributed by atoms with van der Waals surface area (Å²) in [4.78, 5) is 12.1. The number of nitrogens with one attached hydrogen (secondary N) is 1. The standard InChI is InChI=1S/C14H12BrFN2O/c1-8-2-4-11(15)10(6-8)14(19)18-13-7-9(17)3-5-12(13)16/h2-7H,17H2,1H3,(H,18,19). The van der Waals surface area contributed by atoms with Crippen LogP contribution in [0, 0.1) is 12.7 Å². The molecule has 2 aromatic carbocycles. The van der Waals surface area contributed by atoms with Crippen LogP contribution in [0.3, 0.4) is 0 Å². The van der Waals surface area contributed by atoms with Gasteiger partial charge in [0.1, 0.15) is 5.82 Å². The van der Waals surface area contributed by atoms with E-state index in [1.165, 1.54) is 18.2 Å². The van der Waals surface area contributed by atoms with Crippen LogP contribution in [0.2, 0.25) is 0 Å². The molecule has 1 amide bonds. The third kappa shape index (κ3) is 3.12. The highest BCUT2D eigenvalue weighted by molar-refractivity contribution is 9.10. The molecule has 0 saturated carbocycles. The molecule has 0 aliphatic heterocycles. The number of carbonyl (C=O) groups is 1. The molecule has 0 atom stereocenters. The fraction of sp³-hybridized carbons (Fsp3) is 0.0714. The van der Waals surface area contributed by atoms with Crippen molar-refractivity contribution in [1.29, 1.82) is 0 Å². The molecule has 0 heterocycles. The van der Waals surface area contributed by atoms with Crippen molar-refractivity contribution < 1.29 is 9.18 Å². The van der Waals surface area contributed by atoms with E-state index in [1.54, 1.807) is 12.1 Å². The van der Waals surface area contributed by atoms with Crippen LogP contribution in [0.15, 0.2) is 40.9 Å². The van der Waals surface area contributed by atoms with E-state index in [0.29, 0.717) is 15.7 Å². The Morgan fingerprint density at radius 3 is 2.74 bits per heavy atom. The van der Waals surface area contributed by atoms with Crippen LogP contribution in [0.4, 0.5) is 15.8 Å². The van der Waals surface area contributed by atoms with E-state index >= 15 is 0 Å². The van der Waals surface area contributed by atoms with Crippen LogP contribution in [0.25, 0.3) is 0 Å². The second kappa shape index (κ2) is 5.40. The number of halogens is 2. The van der Waals surface area contributed by atoms with Gasteiger partial charge in [0.05, 0.1) is 11.3 Å². The number of carbonyl (C=O) groups excluding carboxylic acids is 1. The van der Waals surface area contributed by atoms with Crippen molar-refractivity contribution in [2.24, 2.45) is 0 Å². The number of benzene rings is 2. The average molecular weight is 323 g/mol. The summed E-state index contributed by atoms with van der Waals surface area (Å²) in [6.07, 6.45) is 0. The molecule has 98 valence electrons. The zero-order valence-electron chi connectivity index (χ0n) is 10.2. The molecule has 0 unspecified atom stereocenters. The molecule has 3 nitrogen and oxygen atoms in total. The van der Waals surface area contributed by atoms with E-state index in [0.717, 1.165) is 5.56 Å². The van der Waals surface area contributed by atoms with Gasteiger partial charge in [-0.1, -0.05) is 11.6 Å². The first-order chi connectivity index (χ1) is 8.97. The van der Waals surface area contributed by atoms with Crippen LogP contribution in [0.5, 0.6) is 0 Å². The van der Waals surface area contributed by atoms with Crippen LogP contribution in [0.1, 0.15) is 15.9 Å². The normalized spacial score (nSPS) is 10.3. The SMILES string of the molecule is Cc1ccc(Br)c(C(=O)Nc2cc(N)ccc2F)c1. The maximum absolute atomic E-state index is 13.5. The first kappa shape index (κ1) is 13.5. The Morgan fingerprint density at radius 2 is 2.00 bits per heavy atom. The summed E-state index contributed by atoms with van der Waals surface area (Å²) < 4.78 is 14.2. The molecule has 2 aromatic rings. The zero-order chi connectivity index (χ0) is 14.0. The van der Waals surface area contributed by atoms with Crippen molar-refractivity contribution >= 4 is 33.2 Å². The van der Waals surface area contributed by atoms with Crippen molar-refractivity contribution in [1.82, 2.24) is 0 Å². The topological polar surface area (TPSA) is 55.1 Å². The Hall–Kier alpha value is -1.88. The molecule has 0 saturated heterocycles. The highest BCUT2D eigenvalue weighted by Gasteiger charge is 2.12. The number of nitrogens with two attached hydrogens (primary N) is 1. The van der Waals surface area contributed by atoms with Crippen molar-refractivity contribution in [3.8, 4) is 0 Å². The molecular weight excluding hydrogens is 311 g/mol. The van der Waals surface area contributed by atoms with Crippen molar-refractivity contribution in [3.05, 3.63) is 57.8 Å². The predicted octanol–water partition coefficient (Wildman–Crippen LogP) is 3.73. The summed E-state index contributed by atoms with van der Waals surface area (Å²) in [6, 6.07) is 9.42. The van der Waals surface area contributed by atoms with E-state index in [1.807, 2.05) is 13.0 Å². The minimum atomic E-state index is -0.522. The quantitative estimate of drug-likeness (QED) is 0.828. The molecule has 0 bridgehead atoms. The fourth-order valence-electron chi connectivity index (χ4n) is 1.64. The molecular formula is C14H12BrFN2O. The molecule has 19 heavy (non-hydrogen) atoms. The number of aryl methyl sites for hydroxylation is 1. The van der Waals surface area contributed by atoms with Gasteiger partial charge < -0.3 is 11.1 Å². The zero-order valence-corrected chi connectivity index (χ0v) is 11.8. The lowest BCUT2D eigenvalue weighted by Gasteiger charge is -2.09. The fourth-order valence-corrected chi connectivity index (χ4v) is 2.07. The smallest absolute Gasteiger partial charge is 0.256 e. The first-order valence-corrected chi connectivity index (χ1v) is 6.39. The van der Waals surface area contributed by atoms with E-state index in [2.05, 4.69) is 21.2 Å². The van der Waals surface area contributed by atoms with Gasteiger partial charge in [-0.15, -0.1) is 0 Å². The summed E-state index contributed by atoms with van der Waals surface area (Å²) in [5, 5.41) is 2.51. The van der Waals surface area contributed by atoms with Gasteiger partial charge in [0, 0.05) is 10.2 Å². The second-order valence-corrected chi connectivity index (χ2v) is 5.03. The number of hydrogen-bond acceptors (Lipinski definition) is 2. The molecule has 2 rings (SSSR count). The van der Waals surface area contributed by atoms with Crippen molar-refractivity contribution in [3.63, 3.8) is 0 Å². The molecule has 0 radical (unpaired) electrons. The lowest BCUT2D eigenvalue weighted by molar-refractivity contribution is 0.102. The maximum Gasteiger partial charge on any atom is 0.256 e. The summed E-state index contributed by atoms with van der Waals surface area (Å²) in [6.45, 7) is 1.88. The minimum absolute atomic E-state index is 0.0680. The molecule has 5 heteroatoms. The molecule has 0 aromatic heterocycles. The Labute approximate surface area is 118 Å². The molecule has 3 N–H and O–H groups in total. The lowest BCUT2D eigenvalue weighted by Crippen LogP contribution is -2.14. The van der Waals surface area contributed by atoms with Crippen LogP contribution < -0.4 is 11.1 Å². The summed E-state index contributed by atoms with van der Waals surface area (Å²) in [5.41, 5.74) is 7.42. The van der Waals surface area contributed by atoms with Gasteiger partial charge in [-0.3, -0.25) is 4.79 Å². The highest BCUT2D eigenvalue weighted by Crippen LogP contribution is 2.22. The van der Waals surface area contributed by atoms with Gasteiger partial charge >= 0.3 is 0 Å². The molecule has 0 aliphatic carbocycles. The predicted molar refractivity (Wildman–Crippen MR) is 77.6 cm³/mol. The number of amides is 1. The van der Waals surface area contributed by atoms with Crippen molar-refractivity contribution in [2.75, 3.05) is 11.1 Å². The van der Waals surface area contributed by atoms with E-state index < -0.39 is 5.82 Å². The van der Waals surface area contributed by atoms with Crippen LogP contribution in [-0.2, 0) is 0 Å². The van der Waals surface area contributed by atoms with Gasteiger partial charge in [0.25, 0.3) is 5.91 Å². The minimum Gasteiger partial charge on any atom is -0.399 e. The monoisotopic (exact) mass is 322 g/mol. The van der Waals surface area contributed by atoms with Crippen LogP contribution in [-0.4, -0.2) is 5.91 Å². The number of rotatable bonds is 2. The van der Waals surface area contributed by atoms with E-state index in [-0.39, 0.29) is 11.6 Å². The highest BCUT2D eigenvalue weighted by atomic mass is 79.9. The lowest BCUT2D eigenvalue weighted by atomic mass is 10.1. The van der Waals surface area contributed by atoms with Gasteiger partial charge in [-0.25, -0.2) is 4.39 Å². The van der Waals surface area contributed by atoms with Gasteiger partial charge in [0.2, 0.25) is 0 Å². The van der Waals surface area contributed by atoms with Crippen LogP contribution >= 0.6 is 15.9 Å². The summed E-state index contributed by atoms with van der Waals surface area (Å²) in [5.74, 6) is -0.911. The van der Waals surface area contributed by atoms with Gasteiger partial charge in [-0.2, -0.15) is 0 Å². The number of hydrogen-bond donors (Lipinski definition) is 2. The maximum atomic E-state index is 13.5. The largest absolute Gasteiger partial charge is 0.399 e. The first-order valence-electron chi connectivity index (χ1n) is 5.60. The average Bonchev–Trinajstić information content (AvgIpc) is 2.36. The Balaban J connectivity index is 2.30. The molecule has 0 spiro atoms. The van der Waals surface area contributed by atoms with Gasteiger partial charge in [0.15, 0.2) is 0 Å². The third-order valence-corrected chi connectivity index (χ3v) is 3.30. The summed E-state index contributed by atoms with van der Waals surface area (Å²) >= 11 is 3.30. The van der Waals surface area contributed by atoms with Crippen molar-refractivity contribution in [2.45, 2.75) is 6.92 Å². The number of nitrogen functional groups attached to an aromatic ring is 1. The van der Waals surface area contributed by atoms with Gasteiger partial charge in [-0.05, 0) is 53.2 Å². The number of anilines is 2. The second-order valence-electron chi connectivity index (χ2n) is 4.18. The Morgan fingerprint density at radius 1 is 1.26 bits per heavy atom. The Bertz CT molecular complexity index is 643. The summed E-state index contributed by atoms with van der Waals surface area (Å²) in [7, 11) is 0. The molecule has 0 aliphatic rings. The van der Waals surface area contributed by atoms with E-state index in [9.17, 15) is 9.18 Å². The molecule has 0 fully saturated rings.